The summed E-state index contributed by atoms with van der Waals surface area (Å²) < 4.78 is 19.7. The number of halogens is 1. The minimum atomic E-state index is -1.19. The number of amides is 2. The summed E-state index contributed by atoms with van der Waals surface area (Å²) in [5.74, 6) is -0.758. The topological polar surface area (TPSA) is 125 Å². The molecule has 1 saturated heterocycles. The molecule has 3 atom stereocenters. The minimum Gasteiger partial charge on any atom is -0.451 e. The molecule has 0 radical (unpaired) electrons. The summed E-state index contributed by atoms with van der Waals surface area (Å²) in [5, 5.41) is 19.7. The molecule has 1 aliphatic heterocycles. The lowest BCUT2D eigenvalue weighted by Crippen LogP contribution is -2.54. The standard InChI is InChI=1S/C29H33FN4O5/c1-16-13-20(9-11-23(16)39-24-14-17(2)32-33-27(24)36)26(35)31-18(3)28(37)34-22(10-12-25(34)29(4,5)38)19-7-6-8-21(30)15-19/h6-9,11,13-15,18,22,25,38H,10,12H2,1-5H3,(H,31,35)(H,33,36)/t18-,22+,25?/m1/s1. The van der Waals surface area contributed by atoms with Crippen LogP contribution in [0.5, 0.6) is 11.5 Å². The number of carbonyl (C=O) groups is 2. The quantitative estimate of drug-likeness (QED) is 0.420. The van der Waals surface area contributed by atoms with Gasteiger partial charge in [0, 0.05) is 11.6 Å². The largest absolute Gasteiger partial charge is 0.451 e. The molecule has 0 saturated carbocycles. The highest BCUT2D eigenvalue weighted by Gasteiger charge is 2.45. The molecule has 0 aliphatic carbocycles. The predicted octanol–water partition coefficient (Wildman–Crippen LogP) is 3.94. The molecule has 1 fully saturated rings. The van der Waals surface area contributed by atoms with Gasteiger partial charge in [0.1, 0.15) is 17.6 Å². The highest BCUT2D eigenvalue weighted by atomic mass is 19.1. The van der Waals surface area contributed by atoms with Crippen molar-refractivity contribution in [3.05, 3.63) is 87.1 Å². The Kier molecular flexibility index (Phi) is 7.87. The van der Waals surface area contributed by atoms with Crippen molar-refractivity contribution in [2.75, 3.05) is 0 Å². The first-order valence-corrected chi connectivity index (χ1v) is 12.8. The van der Waals surface area contributed by atoms with Crippen LogP contribution in [0.4, 0.5) is 4.39 Å². The smallest absolute Gasteiger partial charge is 0.307 e. The average molecular weight is 537 g/mol. The Hall–Kier alpha value is -4.05. The molecule has 1 aliphatic rings. The zero-order valence-electron chi connectivity index (χ0n) is 22.6. The summed E-state index contributed by atoms with van der Waals surface area (Å²) in [6, 6.07) is 10.5. The van der Waals surface area contributed by atoms with Crippen molar-refractivity contribution >= 4 is 11.8 Å². The zero-order valence-corrected chi connectivity index (χ0v) is 22.6. The minimum absolute atomic E-state index is 0.0850. The maximum absolute atomic E-state index is 14.0. The van der Waals surface area contributed by atoms with Crippen LogP contribution in [-0.2, 0) is 4.79 Å². The van der Waals surface area contributed by atoms with E-state index in [9.17, 15) is 23.9 Å². The van der Waals surface area contributed by atoms with Gasteiger partial charge in [0.25, 0.3) is 5.91 Å². The van der Waals surface area contributed by atoms with Crippen molar-refractivity contribution in [1.29, 1.82) is 0 Å². The fraction of sp³-hybridized carbons (Fsp3) is 0.379. The number of aliphatic hydroxyl groups is 1. The third-order valence-corrected chi connectivity index (χ3v) is 6.96. The number of likely N-dealkylation sites (tertiary alicyclic amines) is 1. The molecule has 3 aromatic rings. The molecule has 2 heterocycles. The van der Waals surface area contributed by atoms with Crippen LogP contribution in [0.1, 0.15) is 66.8 Å². The van der Waals surface area contributed by atoms with Gasteiger partial charge in [0.15, 0.2) is 5.75 Å². The molecule has 9 nitrogen and oxygen atoms in total. The van der Waals surface area contributed by atoms with E-state index < -0.39 is 41.0 Å². The first-order valence-electron chi connectivity index (χ1n) is 12.8. The Balaban J connectivity index is 1.51. The number of aromatic nitrogens is 2. The van der Waals surface area contributed by atoms with E-state index in [2.05, 4.69) is 15.5 Å². The fourth-order valence-electron chi connectivity index (χ4n) is 5.00. The van der Waals surface area contributed by atoms with Crippen LogP contribution in [0.25, 0.3) is 0 Å². The second-order valence-corrected chi connectivity index (χ2v) is 10.5. The number of nitrogens with one attached hydrogen (secondary N) is 2. The van der Waals surface area contributed by atoms with E-state index in [0.717, 1.165) is 0 Å². The van der Waals surface area contributed by atoms with E-state index in [1.54, 1.807) is 69.9 Å². The summed E-state index contributed by atoms with van der Waals surface area (Å²) in [7, 11) is 0. The molecule has 2 amide bonds. The molecule has 2 aromatic carbocycles. The number of rotatable bonds is 7. The second kappa shape index (κ2) is 11.0. The van der Waals surface area contributed by atoms with Gasteiger partial charge in [-0.1, -0.05) is 12.1 Å². The van der Waals surface area contributed by atoms with Crippen LogP contribution in [-0.4, -0.2) is 49.7 Å². The maximum Gasteiger partial charge on any atom is 0.307 e. The Morgan fingerprint density at radius 2 is 1.90 bits per heavy atom. The molecule has 1 unspecified atom stereocenters. The first-order chi connectivity index (χ1) is 18.3. The Morgan fingerprint density at radius 3 is 2.56 bits per heavy atom. The summed E-state index contributed by atoms with van der Waals surface area (Å²) in [6.07, 6.45) is 1.10. The predicted molar refractivity (Wildman–Crippen MR) is 143 cm³/mol. The van der Waals surface area contributed by atoms with Crippen molar-refractivity contribution in [1.82, 2.24) is 20.4 Å². The lowest BCUT2D eigenvalue weighted by Gasteiger charge is -2.38. The number of aromatic amines is 1. The van der Waals surface area contributed by atoms with Gasteiger partial charge in [0.2, 0.25) is 5.91 Å². The average Bonchev–Trinajstić information content (AvgIpc) is 3.33. The lowest BCUT2D eigenvalue weighted by molar-refractivity contribution is -0.141. The molecule has 0 spiro atoms. The van der Waals surface area contributed by atoms with Gasteiger partial charge >= 0.3 is 5.56 Å². The van der Waals surface area contributed by atoms with Crippen molar-refractivity contribution < 1.29 is 23.8 Å². The number of carbonyl (C=O) groups excluding carboxylic acids is 2. The van der Waals surface area contributed by atoms with Gasteiger partial charge in [-0.2, -0.15) is 5.10 Å². The number of benzene rings is 2. The molecular formula is C29H33FN4O5. The monoisotopic (exact) mass is 536 g/mol. The number of nitrogens with zero attached hydrogens (tertiary/aromatic N) is 2. The van der Waals surface area contributed by atoms with E-state index in [1.165, 1.54) is 18.2 Å². The number of hydrogen-bond acceptors (Lipinski definition) is 6. The van der Waals surface area contributed by atoms with Crippen LogP contribution in [0.3, 0.4) is 0 Å². The van der Waals surface area contributed by atoms with E-state index in [4.69, 9.17) is 4.74 Å². The molecule has 39 heavy (non-hydrogen) atoms. The van der Waals surface area contributed by atoms with Crippen LogP contribution in [0.15, 0.2) is 53.3 Å². The van der Waals surface area contributed by atoms with Gasteiger partial charge in [-0.05, 0) is 88.9 Å². The number of ether oxygens (including phenoxy) is 1. The highest BCUT2D eigenvalue weighted by molar-refractivity contribution is 5.98. The van der Waals surface area contributed by atoms with E-state index in [1.807, 2.05) is 0 Å². The second-order valence-electron chi connectivity index (χ2n) is 10.5. The highest BCUT2D eigenvalue weighted by Crippen LogP contribution is 2.40. The van der Waals surface area contributed by atoms with Crippen molar-refractivity contribution in [3.63, 3.8) is 0 Å². The fourth-order valence-corrected chi connectivity index (χ4v) is 5.00. The SMILES string of the molecule is Cc1cc(Oc2ccc(C(=O)N[C@H](C)C(=O)N3C(C(C)(C)O)CC[C@H]3c3cccc(F)c3)cc2C)c(=O)[nH]n1. The molecule has 206 valence electrons. The maximum atomic E-state index is 14.0. The zero-order chi connectivity index (χ0) is 28.5. The van der Waals surface area contributed by atoms with E-state index >= 15 is 0 Å². The molecule has 0 bridgehead atoms. The van der Waals surface area contributed by atoms with Gasteiger partial charge in [0.05, 0.1) is 23.4 Å². The van der Waals surface area contributed by atoms with Crippen LogP contribution >= 0.6 is 0 Å². The lowest BCUT2D eigenvalue weighted by atomic mass is 9.96. The van der Waals surface area contributed by atoms with Gasteiger partial charge in [-0.25, -0.2) is 9.49 Å². The normalized spacial score (nSPS) is 18.1. The summed E-state index contributed by atoms with van der Waals surface area (Å²) in [6.45, 7) is 8.33. The molecule has 4 rings (SSSR count). The van der Waals surface area contributed by atoms with Crippen LogP contribution in [0, 0.1) is 19.7 Å². The van der Waals surface area contributed by atoms with E-state index in [0.29, 0.717) is 41.0 Å². The summed E-state index contributed by atoms with van der Waals surface area (Å²) >= 11 is 0. The third kappa shape index (κ3) is 6.17. The van der Waals surface area contributed by atoms with Crippen molar-refractivity contribution in [2.24, 2.45) is 0 Å². The van der Waals surface area contributed by atoms with Crippen molar-refractivity contribution in [2.45, 2.75) is 71.2 Å². The van der Waals surface area contributed by atoms with E-state index in [-0.39, 0.29) is 11.7 Å². The molecule has 1 aromatic heterocycles. The third-order valence-electron chi connectivity index (χ3n) is 6.96. The Labute approximate surface area is 226 Å². The van der Waals surface area contributed by atoms with Crippen LogP contribution in [0.2, 0.25) is 0 Å². The molecule has 3 N–H and O–H groups in total. The van der Waals surface area contributed by atoms with Gasteiger partial charge in [-0.3, -0.25) is 14.4 Å². The first kappa shape index (κ1) is 28.0. The van der Waals surface area contributed by atoms with Crippen LogP contribution < -0.4 is 15.6 Å². The number of H-pyrrole nitrogens is 1. The Morgan fingerprint density at radius 1 is 1.15 bits per heavy atom. The molecular weight excluding hydrogens is 503 g/mol. The number of aryl methyl sites for hydroxylation is 2. The van der Waals surface area contributed by atoms with Gasteiger partial charge in [-0.15, -0.1) is 0 Å². The summed E-state index contributed by atoms with van der Waals surface area (Å²) in [4.78, 5) is 40.3. The molecule has 10 heteroatoms. The van der Waals surface area contributed by atoms with Crippen molar-refractivity contribution in [3.8, 4) is 11.5 Å². The Bertz CT molecular complexity index is 1450. The van der Waals surface area contributed by atoms with Gasteiger partial charge < -0.3 is 20.1 Å². The summed E-state index contributed by atoms with van der Waals surface area (Å²) in [5.41, 5.74) is 0.481. The number of hydrogen-bond donors (Lipinski definition) is 3.